The molecule has 4 rings (SSSR count). The van der Waals surface area contributed by atoms with Crippen LogP contribution in [0.25, 0.3) is 0 Å². The molecule has 29 heavy (non-hydrogen) atoms. The fourth-order valence-corrected chi connectivity index (χ4v) is 3.49. The van der Waals surface area contributed by atoms with Gasteiger partial charge in [-0.3, -0.25) is 14.6 Å². The number of ketones is 1. The first-order valence-corrected chi connectivity index (χ1v) is 8.96. The van der Waals surface area contributed by atoms with Crippen molar-refractivity contribution < 1.29 is 23.8 Å². The Hall–Kier alpha value is -3.87. The third-order valence-electron chi connectivity index (χ3n) is 4.83. The van der Waals surface area contributed by atoms with Gasteiger partial charge in [0.1, 0.15) is 5.75 Å². The molecular formula is C22H18N2O5. The summed E-state index contributed by atoms with van der Waals surface area (Å²) < 4.78 is 10.6. The number of ether oxygens (including phenoxy) is 1. The Labute approximate surface area is 166 Å². The lowest BCUT2D eigenvalue weighted by molar-refractivity contribution is -0.130. The van der Waals surface area contributed by atoms with Crippen molar-refractivity contribution in [3.05, 3.63) is 95.4 Å². The molecule has 0 saturated carbocycles. The lowest BCUT2D eigenvalue weighted by Crippen LogP contribution is -2.31. The molecule has 7 heteroatoms. The molecule has 1 amide bonds. The SMILES string of the molecule is COc1ccccc1CN1C(=O)C(O)=C(C(=O)c2ccco2)C1c1cccnc1. The van der Waals surface area contributed by atoms with E-state index < -0.39 is 23.5 Å². The van der Waals surface area contributed by atoms with Crippen molar-refractivity contribution in [2.75, 3.05) is 7.11 Å². The first kappa shape index (κ1) is 18.5. The number of carbonyl (C=O) groups is 2. The highest BCUT2D eigenvalue weighted by Crippen LogP contribution is 2.40. The maximum absolute atomic E-state index is 13.0. The van der Waals surface area contributed by atoms with Crippen molar-refractivity contribution in [1.29, 1.82) is 0 Å². The third-order valence-corrected chi connectivity index (χ3v) is 4.83. The van der Waals surface area contributed by atoms with E-state index in [0.717, 1.165) is 5.56 Å². The van der Waals surface area contributed by atoms with E-state index in [1.54, 1.807) is 43.8 Å². The van der Waals surface area contributed by atoms with Crippen molar-refractivity contribution in [2.24, 2.45) is 0 Å². The maximum atomic E-state index is 13.0. The molecule has 0 aliphatic carbocycles. The summed E-state index contributed by atoms with van der Waals surface area (Å²) in [6.07, 6.45) is 4.54. The Bertz CT molecular complexity index is 1070. The van der Waals surface area contributed by atoms with Crippen LogP contribution in [0, 0.1) is 0 Å². The molecule has 1 N–H and O–H groups in total. The summed E-state index contributed by atoms with van der Waals surface area (Å²) in [7, 11) is 1.55. The van der Waals surface area contributed by atoms with Crippen molar-refractivity contribution in [3.63, 3.8) is 0 Å². The van der Waals surface area contributed by atoms with Crippen LogP contribution in [0.5, 0.6) is 5.75 Å². The zero-order valence-electron chi connectivity index (χ0n) is 15.6. The smallest absolute Gasteiger partial charge is 0.290 e. The molecule has 0 fully saturated rings. The van der Waals surface area contributed by atoms with Gasteiger partial charge in [-0.15, -0.1) is 0 Å². The normalized spacial score (nSPS) is 16.4. The van der Waals surface area contributed by atoms with Gasteiger partial charge < -0.3 is 19.2 Å². The molecule has 1 aliphatic heterocycles. The summed E-state index contributed by atoms with van der Waals surface area (Å²) in [6, 6.07) is 13.0. The molecule has 146 valence electrons. The van der Waals surface area contributed by atoms with Gasteiger partial charge >= 0.3 is 0 Å². The number of Topliss-reactive ketones (excluding diaryl/α,β-unsaturated/α-hetero) is 1. The highest BCUT2D eigenvalue weighted by molar-refractivity contribution is 6.14. The highest BCUT2D eigenvalue weighted by atomic mass is 16.5. The minimum atomic E-state index is -0.807. The molecule has 1 atom stereocenters. The first-order chi connectivity index (χ1) is 14.1. The Morgan fingerprint density at radius 1 is 1.21 bits per heavy atom. The molecule has 1 aromatic carbocycles. The minimum Gasteiger partial charge on any atom is -0.503 e. The van der Waals surface area contributed by atoms with E-state index in [9.17, 15) is 14.7 Å². The van der Waals surface area contributed by atoms with Crippen LogP contribution < -0.4 is 4.74 Å². The molecule has 2 aromatic heterocycles. The van der Waals surface area contributed by atoms with E-state index in [0.29, 0.717) is 11.3 Å². The Balaban J connectivity index is 1.79. The summed E-state index contributed by atoms with van der Waals surface area (Å²) in [5.41, 5.74) is 1.32. The van der Waals surface area contributed by atoms with E-state index >= 15 is 0 Å². The van der Waals surface area contributed by atoms with E-state index in [1.807, 2.05) is 18.2 Å². The van der Waals surface area contributed by atoms with Crippen LogP contribution >= 0.6 is 0 Å². The Morgan fingerprint density at radius 2 is 2.03 bits per heavy atom. The van der Waals surface area contributed by atoms with Gasteiger partial charge in [0.2, 0.25) is 5.78 Å². The van der Waals surface area contributed by atoms with E-state index in [2.05, 4.69) is 4.98 Å². The number of pyridine rings is 1. The third kappa shape index (κ3) is 3.27. The van der Waals surface area contributed by atoms with Gasteiger partial charge in [-0.25, -0.2) is 0 Å². The summed E-state index contributed by atoms with van der Waals surface area (Å²) in [6.45, 7) is 0.140. The van der Waals surface area contributed by atoms with Crippen molar-refractivity contribution in [2.45, 2.75) is 12.6 Å². The number of nitrogens with zero attached hydrogens (tertiary/aromatic N) is 2. The van der Waals surface area contributed by atoms with Crippen LogP contribution in [0.1, 0.15) is 27.7 Å². The number of aliphatic hydroxyl groups is 1. The lowest BCUT2D eigenvalue weighted by atomic mass is 9.96. The molecule has 0 radical (unpaired) electrons. The predicted molar refractivity (Wildman–Crippen MR) is 103 cm³/mol. The summed E-state index contributed by atoms with van der Waals surface area (Å²) >= 11 is 0. The lowest BCUT2D eigenvalue weighted by Gasteiger charge is -2.27. The molecule has 3 aromatic rings. The zero-order chi connectivity index (χ0) is 20.4. The van der Waals surface area contributed by atoms with E-state index in [4.69, 9.17) is 9.15 Å². The molecule has 1 aliphatic rings. The number of rotatable bonds is 6. The van der Waals surface area contributed by atoms with Crippen molar-refractivity contribution in [1.82, 2.24) is 9.88 Å². The van der Waals surface area contributed by atoms with E-state index in [1.165, 1.54) is 17.2 Å². The zero-order valence-corrected chi connectivity index (χ0v) is 15.6. The van der Waals surface area contributed by atoms with Crippen molar-refractivity contribution >= 4 is 11.7 Å². The Kier molecular flexibility index (Phi) is 4.87. The molecule has 0 saturated heterocycles. The van der Waals surface area contributed by atoms with Gasteiger partial charge in [-0.1, -0.05) is 24.3 Å². The average molecular weight is 390 g/mol. The highest BCUT2D eigenvalue weighted by Gasteiger charge is 2.44. The number of benzene rings is 1. The number of carbonyl (C=O) groups excluding carboxylic acids is 2. The molecule has 0 bridgehead atoms. The second kappa shape index (κ2) is 7.63. The second-order valence-electron chi connectivity index (χ2n) is 6.50. The standard InChI is InChI=1S/C22H18N2O5/c1-28-16-8-3-2-6-15(16)13-24-19(14-7-4-10-23-12-14)18(21(26)22(24)27)20(25)17-9-5-11-29-17/h2-12,19,26H,13H2,1H3. The average Bonchev–Trinajstić information content (AvgIpc) is 3.38. The number of methoxy groups -OCH3 is 1. The number of hydrogen-bond donors (Lipinski definition) is 1. The van der Waals surface area contributed by atoms with Crippen LogP contribution in [0.3, 0.4) is 0 Å². The van der Waals surface area contributed by atoms with Crippen LogP contribution in [0.4, 0.5) is 0 Å². The fourth-order valence-electron chi connectivity index (χ4n) is 3.49. The number of hydrogen-bond acceptors (Lipinski definition) is 6. The second-order valence-corrected chi connectivity index (χ2v) is 6.50. The minimum absolute atomic E-state index is 0.0344. The predicted octanol–water partition coefficient (Wildman–Crippen LogP) is 3.46. The number of para-hydroxylation sites is 1. The molecule has 0 spiro atoms. The quantitative estimate of drug-likeness (QED) is 0.648. The maximum Gasteiger partial charge on any atom is 0.290 e. The van der Waals surface area contributed by atoms with Gasteiger partial charge in [0.05, 0.1) is 31.5 Å². The monoisotopic (exact) mass is 390 g/mol. The van der Waals surface area contributed by atoms with Crippen LogP contribution in [-0.4, -0.2) is 33.8 Å². The van der Waals surface area contributed by atoms with E-state index in [-0.39, 0.29) is 17.9 Å². The number of aromatic nitrogens is 1. The number of aliphatic hydroxyl groups excluding tert-OH is 1. The fraction of sp³-hybridized carbons (Fsp3) is 0.136. The van der Waals surface area contributed by atoms with Gasteiger partial charge in [0.15, 0.2) is 11.5 Å². The van der Waals surface area contributed by atoms with Gasteiger partial charge in [-0.05, 0) is 29.8 Å². The van der Waals surface area contributed by atoms with Crippen LogP contribution in [0.2, 0.25) is 0 Å². The van der Waals surface area contributed by atoms with Gasteiger partial charge in [0, 0.05) is 18.0 Å². The Morgan fingerprint density at radius 3 is 2.72 bits per heavy atom. The topological polar surface area (TPSA) is 92.9 Å². The van der Waals surface area contributed by atoms with Gasteiger partial charge in [0.25, 0.3) is 5.91 Å². The van der Waals surface area contributed by atoms with Gasteiger partial charge in [-0.2, -0.15) is 0 Å². The van der Waals surface area contributed by atoms with Crippen LogP contribution in [0.15, 0.2) is 82.9 Å². The molecule has 3 heterocycles. The molecule has 7 nitrogen and oxygen atoms in total. The van der Waals surface area contributed by atoms with Crippen LogP contribution in [-0.2, 0) is 11.3 Å². The summed E-state index contributed by atoms with van der Waals surface area (Å²) in [4.78, 5) is 31.5. The van der Waals surface area contributed by atoms with Crippen molar-refractivity contribution in [3.8, 4) is 5.75 Å². The largest absolute Gasteiger partial charge is 0.503 e. The number of furan rings is 1. The number of amides is 1. The first-order valence-electron chi connectivity index (χ1n) is 8.96. The molecular weight excluding hydrogens is 372 g/mol. The molecule has 1 unspecified atom stereocenters. The summed E-state index contributed by atoms with van der Waals surface area (Å²) in [5.74, 6) is -1.12. The summed E-state index contributed by atoms with van der Waals surface area (Å²) in [5, 5.41) is 10.6.